The lowest BCUT2D eigenvalue weighted by atomic mass is 9.96. The Hall–Kier alpha value is -1.35. The van der Waals surface area contributed by atoms with Crippen LogP contribution in [0.3, 0.4) is 0 Å². The molecule has 0 unspecified atom stereocenters. The Bertz CT molecular complexity index is 772. The smallest absolute Gasteiger partial charge is 0.193 e. The number of guanidine groups is 1. The summed E-state index contributed by atoms with van der Waals surface area (Å²) in [5.41, 5.74) is 1.68. The molecule has 1 N–H and O–H groups in total. The first-order chi connectivity index (χ1) is 12.6. The molecule has 1 aromatic carbocycles. The maximum absolute atomic E-state index is 13.4. The molecule has 2 aromatic rings. The van der Waals surface area contributed by atoms with Crippen molar-refractivity contribution < 1.29 is 13.5 Å². The Morgan fingerprint density at radius 3 is 2.78 bits per heavy atom. The van der Waals surface area contributed by atoms with Gasteiger partial charge in [0.05, 0.1) is 6.54 Å². The molecule has 0 saturated carbocycles. The van der Waals surface area contributed by atoms with E-state index >= 15 is 0 Å². The summed E-state index contributed by atoms with van der Waals surface area (Å²) < 4.78 is 24.7. The maximum atomic E-state index is 13.4. The van der Waals surface area contributed by atoms with Crippen LogP contribution in [-0.2, 0) is 11.3 Å². The van der Waals surface area contributed by atoms with E-state index in [9.17, 15) is 4.39 Å². The fourth-order valence-electron chi connectivity index (χ4n) is 3.47. The van der Waals surface area contributed by atoms with E-state index in [-0.39, 0.29) is 29.8 Å². The van der Waals surface area contributed by atoms with Gasteiger partial charge in [0.1, 0.15) is 17.2 Å². The Morgan fingerprint density at radius 1 is 1.33 bits per heavy atom. The number of benzene rings is 1. The molecular weight excluding hydrogens is 460 g/mol. The minimum Gasteiger partial charge on any atom is -0.459 e. The number of fused-ring (bicyclic) bond motifs is 1. The molecule has 0 atom stereocenters. The number of aliphatic imine (C=N–C) groups is 1. The number of aryl methyl sites for hydroxylation is 1. The molecule has 150 valence electrons. The van der Waals surface area contributed by atoms with Gasteiger partial charge < -0.3 is 19.4 Å². The molecule has 0 radical (unpaired) electrons. The molecule has 0 spiro atoms. The van der Waals surface area contributed by atoms with Gasteiger partial charge in [0.2, 0.25) is 0 Å². The third kappa shape index (κ3) is 5.57. The van der Waals surface area contributed by atoms with E-state index in [0.29, 0.717) is 12.1 Å². The monoisotopic (exact) mass is 489 g/mol. The Labute approximate surface area is 177 Å². The molecule has 0 bridgehead atoms. The van der Waals surface area contributed by atoms with E-state index in [1.807, 2.05) is 6.92 Å². The van der Waals surface area contributed by atoms with Crippen LogP contribution in [0.2, 0.25) is 0 Å². The maximum Gasteiger partial charge on any atom is 0.193 e. The summed E-state index contributed by atoms with van der Waals surface area (Å²) in [6, 6.07) is 4.62. The normalized spacial score (nSPS) is 15.6. The van der Waals surface area contributed by atoms with Crippen molar-refractivity contribution in [2.75, 3.05) is 33.9 Å². The molecule has 2 heterocycles. The standard InChI is InChI=1S/C20H28FN3O2.HI/c1-14-17-12-16(21)4-5-18(17)26-19(14)13-23-20(22-2)24(3)9-6-15-7-10-25-11-8-15;/h4-5,12,15H,6-11,13H2,1-3H3,(H,22,23);1H. The van der Waals surface area contributed by atoms with Crippen LogP contribution >= 0.6 is 24.0 Å². The van der Waals surface area contributed by atoms with E-state index in [1.54, 1.807) is 13.1 Å². The summed E-state index contributed by atoms with van der Waals surface area (Å²) in [4.78, 5) is 6.52. The lowest BCUT2D eigenvalue weighted by molar-refractivity contribution is 0.0625. The molecule has 1 fully saturated rings. The zero-order valence-corrected chi connectivity index (χ0v) is 18.6. The average molecular weight is 489 g/mol. The number of hydrogen-bond donors (Lipinski definition) is 1. The minimum absolute atomic E-state index is 0. The van der Waals surface area contributed by atoms with Gasteiger partial charge in [-0.3, -0.25) is 4.99 Å². The predicted octanol–water partition coefficient (Wildman–Crippen LogP) is 4.32. The van der Waals surface area contributed by atoms with Crippen LogP contribution in [0.25, 0.3) is 11.0 Å². The van der Waals surface area contributed by atoms with Gasteiger partial charge in [-0.25, -0.2) is 4.39 Å². The second-order valence-corrected chi connectivity index (χ2v) is 6.96. The second kappa shape index (κ2) is 10.3. The molecule has 1 aromatic heterocycles. The molecule has 3 rings (SSSR count). The molecule has 7 heteroatoms. The number of nitrogens with one attached hydrogen (secondary N) is 1. The van der Waals surface area contributed by atoms with E-state index in [0.717, 1.165) is 67.6 Å². The highest BCUT2D eigenvalue weighted by Gasteiger charge is 2.16. The summed E-state index contributed by atoms with van der Waals surface area (Å²) in [5, 5.41) is 4.18. The molecule has 27 heavy (non-hydrogen) atoms. The summed E-state index contributed by atoms with van der Waals surface area (Å²) in [5.74, 6) is 2.13. The van der Waals surface area contributed by atoms with Crippen LogP contribution in [-0.4, -0.2) is 44.7 Å². The lowest BCUT2D eigenvalue weighted by Crippen LogP contribution is -2.39. The topological polar surface area (TPSA) is 50.0 Å². The molecule has 1 saturated heterocycles. The van der Waals surface area contributed by atoms with Crippen LogP contribution < -0.4 is 5.32 Å². The van der Waals surface area contributed by atoms with E-state index in [4.69, 9.17) is 9.15 Å². The highest BCUT2D eigenvalue weighted by atomic mass is 127. The van der Waals surface area contributed by atoms with Crippen molar-refractivity contribution in [3.63, 3.8) is 0 Å². The fraction of sp³-hybridized carbons (Fsp3) is 0.550. The first-order valence-electron chi connectivity index (χ1n) is 9.25. The van der Waals surface area contributed by atoms with Crippen LogP contribution in [0, 0.1) is 18.7 Å². The zero-order valence-electron chi connectivity index (χ0n) is 16.3. The van der Waals surface area contributed by atoms with Gasteiger partial charge in [0.15, 0.2) is 5.96 Å². The lowest BCUT2D eigenvalue weighted by Gasteiger charge is -2.26. The molecule has 1 aliphatic rings. The first-order valence-corrected chi connectivity index (χ1v) is 9.25. The summed E-state index contributed by atoms with van der Waals surface area (Å²) in [7, 11) is 3.84. The fourth-order valence-corrected chi connectivity index (χ4v) is 3.47. The van der Waals surface area contributed by atoms with Gasteiger partial charge in [-0.2, -0.15) is 0 Å². The number of furan rings is 1. The first kappa shape index (κ1) is 21.9. The number of rotatable bonds is 5. The number of nitrogens with zero attached hydrogens (tertiary/aromatic N) is 2. The van der Waals surface area contributed by atoms with Gasteiger partial charge in [-0.15, -0.1) is 24.0 Å². The van der Waals surface area contributed by atoms with Gasteiger partial charge in [-0.1, -0.05) is 0 Å². The SMILES string of the molecule is CN=C(NCc1oc2ccc(F)cc2c1C)N(C)CCC1CCOCC1.I. The van der Waals surface area contributed by atoms with Crippen molar-refractivity contribution in [1.29, 1.82) is 0 Å². The Balaban J connectivity index is 0.00000261. The van der Waals surface area contributed by atoms with Crippen molar-refractivity contribution in [2.24, 2.45) is 10.9 Å². The quantitative estimate of drug-likeness (QED) is 0.386. The second-order valence-electron chi connectivity index (χ2n) is 6.96. The van der Waals surface area contributed by atoms with Crippen LogP contribution in [0.1, 0.15) is 30.6 Å². The molecule has 0 aliphatic carbocycles. The van der Waals surface area contributed by atoms with Crippen LogP contribution in [0.15, 0.2) is 27.6 Å². The number of ether oxygens (including phenoxy) is 1. The van der Waals surface area contributed by atoms with Gasteiger partial charge in [0, 0.05) is 44.8 Å². The summed E-state index contributed by atoms with van der Waals surface area (Å²) >= 11 is 0. The molecular formula is C20H29FIN3O2. The molecule has 0 amide bonds. The highest BCUT2D eigenvalue weighted by molar-refractivity contribution is 14.0. The van der Waals surface area contributed by atoms with Crippen molar-refractivity contribution in [1.82, 2.24) is 10.2 Å². The average Bonchev–Trinajstić information content (AvgIpc) is 2.97. The van der Waals surface area contributed by atoms with Crippen molar-refractivity contribution in [2.45, 2.75) is 32.7 Å². The minimum atomic E-state index is -0.246. The van der Waals surface area contributed by atoms with Crippen LogP contribution in [0.5, 0.6) is 0 Å². The number of halogens is 2. The summed E-state index contributed by atoms with van der Waals surface area (Å²) in [6.07, 6.45) is 3.44. The van der Waals surface area contributed by atoms with Crippen LogP contribution in [0.4, 0.5) is 4.39 Å². The zero-order chi connectivity index (χ0) is 18.5. The Kier molecular flexibility index (Phi) is 8.34. The largest absolute Gasteiger partial charge is 0.459 e. The van der Waals surface area contributed by atoms with E-state index in [2.05, 4.69) is 22.3 Å². The third-order valence-electron chi connectivity index (χ3n) is 5.19. The van der Waals surface area contributed by atoms with Gasteiger partial charge in [0.25, 0.3) is 0 Å². The van der Waals surface area contributed by atoms with Gasteiger partial charge >= 0.3 is 0 Å². The van der Waals surface area contributed by atoms with Crippen molar-refractivity contribution >= 4 is 40.9 Å². The number of hydrogen-bond acceptors (Lipinski definition) is 3. The predicted molar refractivity (Wildman–Crippen MR) is 117 cm³/mol. The van der Waals surface area contributed by atoms with E-state index < -0.39 is 0 Å². The van der Waals surface area contributed by atoms with Crippen molar-refractivity contribution in [3.8, 4) is 0 Å². The third-order valence-corrected chi connectivity index (χ3v) is 5.19. The highest BCUT2D eigenvalue weighted by Crippen LogP contribution is 2.26. The van der Waals surface area contributed by atoms with Gasteiger partial charge in [-0.05, 0) is 50.3 Å². The molecule has 1 aliphatic heterocycles. The Morgan fingerprint density at radius 2 is 2.07 bits per heavy atom. The van der Waals surface area contributed by atoms with Crippen molar-refractivity contribution in [3.05, 3.63) is 35.3 Å². The summed E-state index contributed by atoms with van der Waals surface area (Å²) in [6.45, 7) is 5.20. The van der Waals surface area contributed by atoms with E-state index in [1.165, 1.54) is 12.1 Å². The molecule has 5 nitrogen and oxygen atoms in total.